The van der Waals surface area contributed by atoms with Gasteiger partial charge in [-0.2, -0.15) is 5.10 Å². The maximum Gasteiger partial charge on any atom is 0.141 e. The van der Waals surface area contributed by atoms with E-state index in [0.29, 0.717) is 0 Å². The molecule has 0 saturated carbocycles. The molecule has 0 bridgehead atoms. The second-order valence-electron chi connectivity index (χ2n) is 5.60. The molecule has 3 rings (SSSR count). The van der Waals surface area contributed by atoms with Crippen LogP contribution in [0.4, 0.5) is 0 Å². The smallest absolute Gasteiger partial charge is 0.141 e. The van der Waals surface area contributed by atoms with E-state index < -0.39 is 5.60 Å². The van der Waals surface area contributed by atoms with Crippen molar-refractivity contribution in [3.05, 3.63) is 23.8 Å². The summed E-state index contributed by atoms with van der Waals surface area (Å²) in [6.07, 6.45) is 1.83. The summed E-state index contributed by atoms with van der Waals surface area (Å²) >= 11 is 0. The monoisotopic (exact) mass is 246 g/mol. The van der Waals surface area contributed by atoms with Gasteiger partial charge in [-0.3, -0.25) is 4.68 Å². The molecular formula is C13H18N4O. The van der Waals surface area contributed by atoms with Crippen LogP contribution < -0.4 is 0 Å². The van der Waals surface area contributed by atoms with Crippen LogP contribution >= 0.6 is 0 Å². The third kappa shape index (κ3) is 1.50. The van der Waals surface area contributed by atoms with Crippen LogP contribution in [-0.2, 0) is 12.1 Å². The summed E-state index contributed by atoms with van der Waals surface area (Å²) in [5.41, 5.74) is 2.20. The number of hydrogen-bond donors (Lipinski definition) is 1. The van der Waals surface area contributed by atoms with Gasteiger partial charge in [0.2, 0.25) is 0 Å². The van der Waals surface area contributed by atoms with Gasteiger partial charge in [0.25, 0.3) is 0 Å². The van der Waals surface area contributed by atoms with Crippen molar-refractivity contribution in [3.8, 4) is 11.4 Å². The first-order valence-electron chi connectivity index (χ1n) is 6.23. The highest BCUT2D eigenvalue weighted by molar-refractivity contribution is 5.57. The molecule has 0 fully saturated rings. The third-order valence-corrected chi connectivity index (χ3v) is 3.39. The van der Waals surface area contributed by atoms with Crippen molar-refractivity contribution in [2.24, 2.45) is 0 Å². The lowest BCUT2D eigenvalue weighted by Crippen LogP contribution is -2.28. The van der Waals surface area contributed by atoms with E-state index in [1.54, 1.807) is 13.8 Å². The molecule has 96 valence electrons. The number of fused-ring (bicyclic) bond motifs is 3. The van der Waals surface area contributed by atoms with E-state index in [2.05, 4.69) is 27.6 Å². The van der Waals surface area contributed by atoms with Gasteiger partial charge >= 0.3 is 0 Å². The van der Waals surface area contributed by atoms with Gasteiger partial charge in [-0.15, -0.1) is 0 Å². The number of imidazole rings is 1. The third-order valence-electron chi connectivity index (χ3n) is 3.39. The largest absolute Gasteiger partial charge is 0.383 e. The summed E-state index contributed by atoms with van der Waals surface area (Å²) in [4.78, 5) is 4.40. The Morgan fingerprint density at radius 2 is 2.11 bits per heavy atom. The highest BCUT2D eigenvalue weighted by Crippen LogP contribution is 2.34. The van der Waals surface area contributed by atoms with Crippen LogP contribution in [0, 0.1) is 6.92 Å². The minimum atomic E-state index is -0.927. The van der Waals surface area contributed by atoms with Crippen LogP contribution in [0.15, 0.2) is 12.3 Å². The van der Waals surface area contributed by atoms with E-state index in [0.717, 1.165) is 29.5 Å². The van der Waals surface area contributed by atoms with Crippen LogP contribution in [-0.4, -0.2) is 24.4 Å². The summed E-state index contributed by atoms with van der Waals surface area (Å²) < 4.78 is 4.14. The number of aliphatic hydroxyl groups is 1. The molecule has 2 aromatic rings. The number of aromatic nitrogens is 4. The Labute approximate surface area is 106 Å². The van der Waals surface area contributed by atoms with Gasteiger partial charge in [-0.25, -0.2) is 4.98 Å². The molecule has 1 atom stereocenters. The summed E-state index contributed by atoms with van der Waals surface area (Å²) in [6.45, 7) is 8.47. The Hall–Kier alpha value is -1.62. The molecule has 1 aliphatic rings. The fourth-order valence-electron chi connectivity index (χ4n) is 2.67. The maximum atomic E-state index is 10.2. The average molecular weight is 246 g/mol. The lowest BCUT2D eigenvalue weighted by atomic mass is 10.1. The fourth-order valence-corrected chi connectivity index (χ4v) is 2.67. The molecule has 0 saturated heterocycles. The number of rotatable bonds is 1. The fraction of sp³-hybridized carbons (Fsp3) is 0.538. The van der Waals surface area contributed by atoms with Gasteiger partial charge < -0.3 is 9.67 Å². The molecule has 0 amide bonds. The Morgan fingerprint density at radius 1 is 1.39 bits per heavy atom. The summed E-state index contributed by atoms with van der Waals surface area (Å²) in [5, 5.41) is 14.7. The first-order valence-corrected chi connectivity index (χ1v) is 6.23. The molecule has 1 N–H and O–H groups in total. The molecule has 5 heteroatoms. The Kier molecular flexibility index (Phi) is 2.20. The van der Waals surface area contributed by atoms with Crippen LogP contribution in [0.2, 0.25) is 0 Å². The normalized spacial score (nSPS) is 18.6. The molecule has 1 aliphatic heterocycles. The van der Waals surface area contributed by atoms with Crippen molar-refractivity contribution >= 4 is 0 Å². The molecule has 18 heavy (non-hydrogen) atoms. The highest BCUT2D eigenvalue weighted by Gasteiger charge is 2.31. The molecule has 0 radical (unpaired) electrons. The molecule has 0 spiro atoms. The lowest BCUT2D eigenvalue weighted by molar-refractivity contribution is 0.0625. The summed E-state index contributed by atoms with van der Waals surface area (Å²) in [6, 6.07) is 2.31. The Morgan fingerprint density at radius 3 is 2.78 bits per heavy atom. The molecule has 3 heterocycles. The van der Waals surface area contributed by atoms with E-state index in [1.165, 1.54) is 0 Å². The minimum Gasteiger partial charge on any atom is -0.383 e. The van der Waals surface area contributed by atoms with Crippen molar-refractivity contribution in [1.82, 2.24) is 19.3 Å². The second-order valence-corrected chi connectivity index (χ2v) is 5.60. The minimum absolute atomic E-state index is 0.246. The lowest BCUT2D eigenvalue weighted by Gasteiger charge is -2.28. The quantitative estimate of drug-likeness (QED) is 0.835. The van der Waals surface area contributed by atoms with Crippen molar-refractivity contribution in [1.29, 1.82) is 0 Å². The SMILES string of the molecule is Cc1cc2n(n1)C[C@H](C)n1c-2cnc1C(C)(C)O. The molecule has 0 aliphatic carbocycles. The van der Waals surface area contributed by atoms with Crippen LogP contribution in [0.5, 0.6) is 0 Å². The topological polar surface area (TPSA) is 55.9 Å². The van der Waals surface area contributed by atoms with Gasteiger partial charge in [-0.05, 0) is 33.8 Å². The number of hydrogen-bond acceptors (Lipinski definition) is 3. The number of nitrogens with zero attached hydrogens (tertiary/aromatic N) is 4. The van der Waals surface area contributed by atoms with Crippen molar-refractivity contribution < 1.29 is 5.11 Å². The molecular weight excluding hydrogens is 228 g/mol. The molecule has 2 aromatic heterocycles. The standard InChI is InChI=1S/C13H18N4O/c1-8-5-10-11-6-14-12(13(3,4)18)17(11)9(2)7-16(10)15-8/h5-6,9,18H,7H2,1-4H3/t9-/m0/s1. The number of aryl methyl sites for hydroxylation is 1. The van der Waals surface area contributed by atoms with Gasteiger partial charge in [-0.1, -0.05) is 0 Å². The first kappa shape index (κ1) is 11.5. The zero-order valence-corrected chi connectivity index (χ0v) is 11.2. The van der Waals surface area contributed by atoms with E-state index in [-0.39, 0.29) is 6.04 Å². The van der Waals surface area contributed by atoms with Crippen molar-refractivity contribution in [2.75, 3.05) is 0 Å². The maximum absolute atomic E-state index is 10.2. The van der Waals surface area contributed by atoms with Gasteiger partial charge in [0.05, 0.1) is 35.9 Å². The highest BCUT2D eigenvalue weighted by atomic mass is 16.3. The van der Waals surface area contributed by atoms with Crippen molar-refractivity contribution in [2.45, 2.75) is 45.9 Å². The van der Waals surface area contributed by atoms with E-state index in [1.807, 2.05) is 17.8 Å². The van der Waals surface area contributed by atoms with Crippen LogP contribution in [0.25, 0.3) is 11.4 Å². The van der Waals surface area contributed by atoms with Gasteiger partial charge in [0.15, 0.2) is 0 Å². The molecule has 5 nitrogen and oxygen atoms in total. The van der Waals surface area contributed by atoms with E-state index in [4.69, 9.17) is 0 Å². The summed E-state index contributed by atoms with van der Waals surface area (Å²) in [7, 11) is 0. The Balaban J connectivity index is 2.24. The predicted octanol–water partition coefficient (Wildman–Crippen LogP) is 1.86. The van der Waals surface area contributed by atoms with Crippen LogP contribution in [0.1, 0.15) is 38.3 Å². The van der Waals surface area contributed by atoms with Crippen molar-refractivity contribution in [3.63, 3.8) is 0 Å². The predicted molar refractivity (Wildman–Crippen MR) is 68.1 cm³/mol. The van der Waals surface area contributed by atoms with E-state index in [9.17, 15) is 5.11 Å². The average Bonchev–Trinajstić information content (AvgIpc) is 2.79. The van der Waals surface area contributed by atoms with Gasteiger partial charge in [0, 0.05) is 0 Å². The molecule has 0 unspecified atom stereocenters. The van der Waals surface area contributed by atoms with Crippen LogP contribution in [0.3, 0.4) is 0 Å². The van der Waals surface area contributed by atoms with E-state index >= 15 is 0 Å². The zero-order valence-electron chi connectivity index (χ0n) is 11.2. The second kappa shape index (κ2) is 3.45. The molecule has 0 aromatic carbocycles. The van der Waals surface area contributed by atoms with Gasteiger partial charge in [0.1, 0.15) is 11.4 Å². The Bertz CT molecular complexity index is 603. The summed E-state index contributed by atoms with van der Waals surface area (Å²) in [5.74, 6) is 0.718. The first-order chi connectivity index (χ1) is 8.38. The zero-order chi connectivity index (χ0) is 13.1.